The Labute approximate surface area is 205 Å². The van der Waals surface area contributed by atoms with E-state index in [0.717, 1.165) is 10.2 Å². The molecule has 1 aliphatic heterocycles. The van der Waals surface area contributed by atoms with E-state index in [9.17, 15) is 22.8 Å². The minimum atomic E-state index is -4.75. The van der Waals surface area contributed by atoms with Gasteiger partial charge in [0.1, 0.15) is 6.04 Å². The van der Waals surface area contributed by atoms with Gasteiger partial charge in [-0.3, -0.25) is 9.59 Å². The molecule has 7 nitrogen and oxygen atoms in total. The fourth-order valence-corrected chi connectivity index (χ4v) is 4.73. The molecule has 1 amide bonds. The molecule has 1 aromatic heterocycles. The molecule has 2 aliphatic rings. The van der Waals surface area contributed by atoms with Crippen molar-refractivity contribution in [3.63, 3.8) is 0 Å². The van der Waals surface area contributed by atoms with Gasteiger partial charge < -0.3 is 10.6 Å². The van der Waals surface area contributed by atoms with Gasteiger partial charge in [0, 0.05) is 28.9 Å². The number of hydrogen-bond donors (Lipinski definition) is 2. The topological polar surface area (TPSA) is 88.9 Å². The molecule has 0 saturated heterocycles. The first-order chi connectivity index (χ1) is 16.9. The summed E-state index contributed by atoms with van der Waals surface area (Å²) in [7, 11) is 0. The van der Waals surface area contributed by atoms with Gasteiger partial charge in [0.15, 0.2) is 5.78 Å². The van der Waals surface area contributed by atoms with Crippen LogP contribution >= 0.6 is 0 Å². The number of halogens is 3. The van der Waals surface area contributed by atoms with Gasteiger partial charge in [-0.15, -0.1) is 5.10 Å². The summed E-state index contributed by atoms with van der Waals surface area (Å²) in [6.45, 7) is 5.80. The number of carbonyl (C=O) groups excluding carboxylic acids is 2. The maximum Gasteiger partial charge on any atom is 0.453 e. The molecular weight excluding hydrogens is 471 g/mol. The number of amides is 1. The number of aromatic nitrogens is 3. The second-order valence-corrected chi connectivity index (χ2v) is 10.0. The van der Waals surface area contributed by atoms with Crippen molar-refractivity contribution in [2.45, 2.75) is 45.8 Å². The summed E-state index contributed by atoms with van der Waals surface area (Å²) in [5.41, 5.74) is 3.00. The largest absolute Gasteiger partial charge is 0.453 e. The van der Waals surface area contributed by atoms with Gasteiger partial charge in [0.05, 0.1) is 0 Å². The number of anilines is 2. The maximum absolute atomic E-state index is 13.5. The lowest BCUT2D eigenvalue weighted by Gasteiger charge is -2.38. The summed E-state index contributed by atoms with van der Waals surface area (Å²) >= 11 is 0. The summed E-state index contributed by atoms with van der Waals surface area (Å²) in [6.07, 6.45) is -4.02. The predicted octanol–water partition coefficient (Wildman–Crippen LogP) is 5.52. The molecule has 0 bridgehead atoms. The number of aryl methyl sites for hydroxylation is 1. The van der Waals surface area contributed by atoms with Crippen LogP contribution in [0.3, 0.4) is 0 Å². The van der Waals surface area contributed by atoms with Gasteiger partial charge >= 0.3 is 6.18 Å². The third-order valence-electron chi connectivity index (χ3n) is 6.36. The van der Waals surface area contributed by atoms with E-state index in [1.807, 2.05) is 32.9 Å². The van der Waals surface area contributed by atoms with E-state index in [1.54, 1.807) is 36.4 Å². The zero-order valence-corrected chi connectivity index (χ0v) is 19.9. The van der Waals surface area contributed by atoms with Crippen LogP contribution in [-0.2, 0) is 11.0 Å². The monoisotopic (exact) mass is 495 g/mol. The lowest BCUT2D eigenvalue weighted by atomic mass is 9.73. The van der Waals surface area contributed by atoms with E-state index in [0.29, 0.717) is 34.5 Å². The van der Waals surface area contributed by atoms with Gasteiger partial charge in [0.2, 0.25) is 5.95 Å². The highest BCUT2D eigenvalue weighted by Crippen LogP contribution is 2.46. The molecule has 1 unspecified atom stereocenters. The Hall–Kier alpha value is -3.95. The van der Waals surface area contributed by atoms with E-state index >= 15 is 0 Å². The van der Waals surface area contributed by atoms with Crippen LogP contribution in [0.1, 0.15) is 60.0 Å². The summed E-state index contributed by atoms with van der Waals surface area (Å²) in [5.74, 6) is -1.85. The Morgan fingerprint density at radius 2 is 1.86 bits per heavy atom. The van der Waals surface area contributed by atoms with Crippen LogP contribution in [0.15, 0.2) is 59.8 Å². The van der Waals surface area contributed by atoms with Crippen molar-refractivity contribution in [1.82, 2.24) is 14.8 Å². The van der Waals surface area contributed by atoms with Crippen LogP contribution < -0.4 is 10.6 Å². The molecule has 5 rings (SSSR count). The number of fused-ring (bicyclic) bond motifs is 1. The molecule has 0 fully saturated rings. The number of Topliss-reactive ketones (excluding diaryl/α,β-unsaturated/α-hetero) is 1. The first-order valence-corrected chi connectivity index (χ1v) is 11.5. The van der Waals surface area contributed by atoms with E-state index in [-0.39, 0.29) is 29.5 Å². The Morgan fingerprint density at radius 3 is 2.56 bits per heavy atom. The third-order valence-corrected chi connectivity index (χ3v) is 6.36. The van der Waals surface area contributed by atoms with Crippen molar-refractivity contribution >= 4 is 23.3 Å². The van der Waals surface area contributed by atoms with Crippen LogP contribution in [-0.4, -0.2) is 26.5 Å². The number of nitrogens with one attached hydrogen (secondary N) is 2. The number of rotatable bonds is 3. The fraction of sp³-hybridized carbons (Fsp3) is 0.308. The predicted molar refractivity (Wildman–Crippen MR) is 127 cm³/mol. The molecule has 3 aromatic rings. The van der Waals surface area contributed by atoms with Crippen LogP contribution in [0.4, 0.5) is 24.8 Å². The minimum Gasteiger partial charge on any atom is -0.328 e. The number of benzene rings is 2. The third kappa shape index (κ3) is 4.38. The number of hydrogen-bond acceptors (Lipinski definition) is 5. The Kier molecular flexibility index (Phi) is 5.50. The zero-order valence-electron chi connectivity index (χ0n) is 19.9. The lowest BCUT2D eigenvalue weighted by molar-refractivity contribution is -0.145. The molecule has 1 atom stereocenters. The Bertz CT molecular complexity index is 1400. The van der Waals surface area contributed by atoms with Gasteiger partial charge in [-0.2, -0.15) is 18.2 Å². The number of allylic oxidation sites excluding steroid dienone is 2. The van der Waals surface area contributed by atoms with Crippen molar-refractivity contribution in [3.8, 4) is 0 Å². The maximum atomic E-state index is 13.5. The van der Waals surface area contributed by atoms with Crippen molar-refractivity contribution in [3.05, 3.63) is 82.3 Å². The van der Waals surface area contributed by atoms with Crippen LogP contribution in [0, 0.1) is 12.3 Å². The van der Waals surface area contributed by atoms with Crippen LogP contribution in [0.5, 0.6) is 0 Å². The molecular formula is C26H24F3N5O2. The molecule has 186 valence electrons. The quantitative estimate of drug-likeness (QED) is 0.500. The summed E-state index contributed by atoms with van der Waals surface area (Å²) in [5, 5.41) is 9.49. The molecule has 2 heterocycles. The Morgan fingerprint density at radius 1 is 1.14 bits per heavy atom. The van der Waals surface area contributed by atoms with Crippen molar-refractivity contribution in [2.75, 3.05) is 10.6 Å². The number of alkyl halides is 3. The van der Waals surface area contributed by atoms with Crippen molar-refractivity contribution in [2.24, 2.45) is 5.41 Å². The Balaban J connectivity index is 1.57. The molecule has 2 N–H and O–H groups in total. The summed E-state index contributed by atoms with van der Waals surface area (Å²) < 4.78 is 41.5. The average Bonchev–Trinajstić information content (AvgIpc) is 3.22. The lowest BCUT2D eigenvalue weighted by Crippen LogP contribution is -2.36. The molecule has 0 radical (unpaired) electrons. The molecule has 0 saturated carbocycles. The smallest absolute Gasteiger partial charge is 0.328 e. The molecule has 0 spiro atoms. The highest BCUT2D eigenvalue weighted by molar-refractivity contribution is 6.04. The molecule has 36 heavy (non-hydrogen) atoms. The second kappa shape index (κ2) is 8.32. The van der Waals surface area contributed by atoms with E-state index in [4.69, 9.17) is 0 Å². The van der Waals surface area contributed by atoms with Crippen LogP contribution in [0.25, 0.3) is 0 Å². The second-order valence-electron chi connectivity index (χ2n) is 10.0. The van der Waals surface area contributed by atoms with E-state index in [1.165, 1.54) is 0 Å². The highest BCUT2D eigenvalue weighted by atomic mass is 19.4. The number of nitrogens with zero attached hydrogens (tertiary/aromatic N) is 3. The summed E-state index contributed by atoms with van der Waals surface area (Å²) in [4.78, 5) is 29.7. The van der Waals surface area contributed by atoms with E-state index < -0.39 is 18.0 Å². The normalized spacial score (nSPS) is 18.8. The molecule has 2 aromatic carbocycles. The first kappa shape index (κ1) is 23.8. The first-order valence-electron chi connectivity index (χ1n) is 11.5. The minimum absolute atomic E-state index is 0.0781. The van der Waals surface area contributed by atoms with Gasteiger partial charge in [0.25, 0.3) is 11.7 Å². The van der Waals surface area contributed by atoms with Gasteiger partial charge in [-0.25, -0.2) is 4.68 Å². The van der Waals surface area contributed by atoms with Gasteiger partial charge in [-0.1, -0.05) is 43.7 Å². The summed E-state index contributed by atoms with van der Waals surface area (Å²) in [6, 6.07) is 12.9. The molecule has 10 heteroatoms. The van der Waals surface area contributed by atoms with Crippen molar-refractivity contribution in [1.29, 1.82) is 0 Å². The average molecular weight is 496 g/mol. The number of ketones is 1. The molecule has 1 aliphatic carbocycles. The van der Waals surface area contributed by atoms with Crippen molar-refractivity contribution < 1.29 is 22.8 Å². The zero-order chi connectivity index (χ0) is 25.8. The van der Waals surface area contributed by atoms with Crippen LogP contribution in [0.2, 0.25) is 0 Å². The number of carbonyl (C=O) groups is 2. The SMILES string of the molecule is Cc1ccc(C(=O)Nc2cccc(C3C4=C(CC(C)(C)CC4=O)Nc4nc(C(F)(F)F)nn43)c2)cc1. The highest BCUT2D eigenvalue weighted by Gasteiger charge is 2.44. The van der Waals surface area contributed by atoms with E-state index in [2.05, 4.69) is 20.7 Å². The standard InChI is InChI=1S/C26H24F3N5O2/c1-14-7-9-15(10-8-14)22(36)30-17-6-4-5-16(11-17)21-20-18(12-25(2,3)13-19(20)35)31-24-32-23(26(27,28)29)33-34(21)24/h4-11,21H,12-13H2,1-3H3,(H,30,36)(H,31,32,33). The fourth-order valence-electron chi connectivity index (χ4n) is 4.73. The van der Waals surface area contributed by atoms with Gasteiger partial charge in [-0.05, 0) is 48.6 Å².